The van der Waals surface area contributed by atoms with Crippen LogP contribution in [0.3, 0.4) is 0 Å². The van der Waals surface area contributed by atoms with Crippen molar-refractivity contribution in [2.75, 3.05) is 5.32 Å². The second kappa shape index (κ2) is 5.62. The summed E-state index contributed by atoms with van der Waals surface area (Å²) < 4.78 is 0.882. The molecular weight excluding hydrogens is 312 g/mol. The summed E-state index contributed by atoms with van der Waals surface area (Å²) in [4.78, 5) is 26.4. The van der Waals surface area contributed by atoms with Gasteiger partial charge in [-0.05, 0) is 36.4 Å². The van der Waals surface area contributed by atoms with Crippen LogP contribution in [0.5, 0.6) is 0 Å². The van der Waals surface area contributed by atoms with Crippen LogP contribution < -0.4 is 5.32 Å². The molecule has 0 atom stereocenters. The molecule has 6 heteroatoms. The van der Waals surface area contributed by atoms with Crippen molar-refractivity contribution in [3.63, 3.8) is 0 Å². The van der Waals surface area contributed by atoms with Crippen molar-refractivity contribution < 1.29 is 14.7 Å². The number of hydrogen-bond acceptors (Lipinski definition) is 3. The first-order valence-electron chi connectivity index (χ1n) is 5.32. The number of halogens is 1. The number of aromatic carboxylic acids is 1. The maximum atomic E-state index is 11.9. The molecule has 1 aromatic carbocycles. The minimum Gasteiger partial charge on any atom is -0.478 e. The van der Waals surface area contributed by atoms with Gasteiger partial charge in [-0.15, -0.1) is 0 Å². The highest BCUT2D eigenvalue weighted by Gasteiger charge is 2.08. The summed E-state index contributed by atoms with van der Waals surface area (Å²) in [6.07, 6.45) is 1.19. The molecule has 0 aliphatic carbocycles. The van der Waals surface area contributed by atoms with Gasteiger partial charge in [-0.1, -0.05) is 15.9 Å². The van der Waals surface area contributed by atoms with Crippen LogP contribution in [0.25, 0.3) is 0 Å². The normalized spacial score (nSPS) is 9.95. The Morgan fingerprint density at radius 2 is 1.68 bits per heavy atom. The van der Waals surface area contributed by atoms with Crippen molar-refractivity contribution in [1.29, 1.82) is 0 Å². The number of anilines is 1. The third-order valence-corrected chi connectivity index (χ3v) is 2.89. The third-order valence-electron chi connectivity index (χ3n) is 2.36. The Bertz CT molecular complexity index is 609. The van der Waals surface area contributed by atoms with Gasteiger partial charge in [-0.2, -0.15) is 0 Å². The summed E-state index contributed by atoms with van der Waals surface area (Å²) >= 11 is 3.28. The monoisotopic (exact) mass is 320 g/mol. The zero-order valence-electron chi connectivity index (χ0n) is 9.63. The Balaban J connectivity index is 2.10. The zero-order chi connectivity index (χ0) is 13.8. The molecule has 2 N–H and O–H groups in total. The number of carboxylic acids is 1. The maximum absolute atomic E-state index is 11.9. The van der Waals surface area contributed by atoms with Gasteiger partial charge >= 0.3 is 5.97 Å². The maximum Gasteiger partial charge on any atom is 0.337 e. The molecule has 2 rings (SSSR count). The van der Waals surface area contributed by atoms with Gasteiger partial charge in [0.15, 0.2) is 0 Å². The van der Waals surface area contributed by atoms with Gasteiger partial charge in [0.2, 0.25) is 0 Å². The highest BCUT2D eigenvalue weighted by molar-refractivity contribution is 9.10. The van der Waals surface area contributed by atoms with Gasteiger partial charge in [0.05, 0.1) is 5.56 Å². The van der Waals surface area contributed by atoms with E-state index in [0.717, 1.165) is 4.47 Å². The van der Waals surface area contributed by atoms with Gasteiger partial charge in [0.25, 0.3) is 5.91 Å². The lowest BCUT2D eigenvalue weighted by atomic mass is 10.2. The molecule has 0 unspecified atom stereocenters. The van der Waals surface area contributed by atoms with Crippen LogP contribution in [0, 0.1) is 0 Å². The molecule has 2 aromatic rings. The number of nitrogens with zero attached hydrogens (tertiary/aromatic N) is 1. The van der Waals surface area contributed by atoms with Crippen molar-refractivity contribution >= 4 is 33.6 Å². The van der Waals surface area contributed by atoms with E-state index in [-0.39, 0.29) is 11.5 Å². The molecule has 0 bridgehead atoms. The first-order valence-corrected chi connectivity index (χ1v) is 6.12. The number of carboxylic acid groups (broad SMARTS) is 1. The Hall–Kier alpha value is -2.21. The number of carbonyl (C=O) groups is 2. The molecule has 1 aromatic heterocycles. The standard InChI is InChI=1S/C13H9BrN2O3/c14-10-4-1-8(2-5-10)12(17)16-11-6-3-9(7-15-11)13(18)19/h1-7H,(H,18,19)(H,15,16,17). The van der Waals surface area contributed by atoms with Crippen LogP contribution in [-0.2, 0) is 0 Å². The van der Waals surface area contributed by atoms with Crippen molar-refractivity contribution in [3.05, 3.63) is 58.2 Å². The van der Waals surface area contributed by atoms with Crippen molar-refractivity contribution in [2.24, 2.45) is 0 Å². The molecule has 0 saturated heterocycles. The van der Waals surface area contributed by atoms with E-state index in [2.05, 4.69) is 26.2 Å². The van der Waals surface area contributed by atoms with E-state index in [0.29, 0.717) is 11.4 Å². The smallest absolute Gasteiger partial charge is 0.337 e. The molecule has 1 amide bonds. The Kier molecular flexibility index (Phi) is 3.91. The highest BCUT2D eigenvalue weighted by atomic mass is 79.9. The molecule has 0 aliphatic heterocycles. The van der Waals surface area contributed by atoms with Crippen molar-refractivity contribution in [3.8, 4) is 0 Å². The van der Waals surface area contributed by atoms with Crippen molar-refractivity contribution in [2.45, 2.75) is 0 Å². The fraction of sp³-hybridized carbons (Fsp3) is 0. The first-order chi connectivity index (χ1) is 9.06. The Morgan fingerprint density at radius 3 is 2.21 bits per heavy atom. The van der Waals surface area contributed by atoms with E-state index in [1.165, 1.54) is 18.3 Å². The Labute approximate surface area is 117 Å². The van der Waals surface area contributed by atoms with Gasteiger partial charge in [0, 0.05) is 16.2 Å². The van der Waals surface area contributed by atoms with E-state index in [4.69, 9.17) is 5.11 Å². The lowest BCUT2D eigenvalue weighted by Gasteiger charge is -2.04. The molecule has 0 saturated carbocycles. The highest BCUT2D eigenvalue weighted by Crippen LogP contribution is 2.12. The molecule has 96 valence electrons. The molecule has 0 spiro atoms. The fourth-order valence-electron chi connectivity index (χ4n) is 1.38. The minimum atomic E-state index is -1.06. The summed E-state index contributed by atoms with van der Waals surface area (Å²) in [6, 6.07) is 9.69. The quantitative estimate of drug-likeness (QED) is 0.911. The summed E-state index contributed by atoms with van der Waals surface area (Å²) in [5.74, 6) is -1.06. The molecule has 0 aliphatic rings. The SMILES string of the molecule is O=C(O)c1ccc(NC(=O)c2ccc(Br)cc2)nc1. The Morgan fingerprint density at radius 1 is 1.05 bits per heavy atom. The van der Waals surface area contributed by atoms with E-state index >= 15 is 0 Å². The number of pyridine rings is 1. The van der Waals surface area contributed by atoms with Crippen LogP contribution in [0.1, 0.15) is 20.7 Å². The average molecular weight is 321 g/mol. The number of benzene rings is 1. The predicted molar refractivity (Wildman–Crippen MR) is 73.3 cm³/mol. The van der Waals surface area contributed by atoms with Gasteiger partial charge in [0.1, 0.15) is 5.82 Å². The zero-order valence-corrected chi connectivity index (χ0v) is 11.2. The van der Waals surface area contributed by atoms with E-state index in [1.54, 1.807) is 24.3 Å². The summed E-state index contributed by atoms with van der Waals surface area (Å²) in [5.41, 5.74) is 0.564. The average Bonchev–Trinajstić information content (AvgIpc) is 2.40. The minimum absolute atomic E-state index is 0.0710. The largest absolute Gasteiger partial charge is 0.478 e. The molecule has 1 heterocycles. The van der Waals surface area contributed by atoms with E-state index < -0.39 is 5.97 Å². The number of carbonyl (C=O) groups excluding carboxylic acids is 1. The molecule has 0 radical (unpaired) electrons. The topological polar surface area (TPSA) is 79.3 Å². The number of hydrogen-bond donors (Lipinski definition) is 2. The van der Waals surface area contributed by atoms with E-state index in [1.807, 2.05) is 0 Å². The van der Waals surface area contributed by atoms with Crippen LogP contribution in [0.15, 0.2) is 47.1 Å². The van der Waals surface area contributed by atoms with Crippen LogP contribution in [0.2, 0.25) is 0 Å². The second-order valence-corrected chi connectivity index (χ2v) is 4.61. The summed E-state index contributed by atoms with van der Waals surface area (Å²) in [5, 5.41) is 11.3. The van der Waals surface area contributed by atoms with Gasteiger partial charge in [-0.3, -0.25) is 4.79 Å². The predicted octanol–water partition coefficient (Wildman–Crippen LogP) is 2.79. The van der Waals surface area contributed by atoms with Gasteiger partial charge < -0.3 is 10.4 Å². The number of aromatic nitrogens is 1. The third kappa shape index (κ3) is 3.38. The van der Waals surface area contributed by atoms with Crippen LogP contribution >= 0.6 is 15.9 Å². The molecule has 19 heavy (non-hydrogen) atoms. The second-order valence-electron chi connectivity index (χ2n) is 3.70. The molecule has 0 fully saturated rings. The first kappa shape index (κ1) is 13.2. The molecule has 5 nitrogen and oxygen atoms in total. The summed E-state index contributed by atoms with van der Waals surface area (Å²) in [7, 11) is 0. The number of amides is 1. The van der Waals surface area contributed by atoms with Crippen molar-refractivity contribution in [1.82, 2.24) is 4.98 Å². The van der Waals surface area contributed by atoms with Gasteiger partial charge in [-0.25, -0.2) is 9.78 Å². The lowest BCUT2D eigenvalue weighted by molar-refractivity contribution is 0.0696. The van der Waals surface area contributed by atoms with E-state index in [9.17, 15) is 9.59 Å². The fourth-order valence-corrected chi connectivity index (χ4v) is 1.65. The number of nitrogens with one attached hydrogen (secondary N) is 1. The number of rotatable bonds is 3. The lowest BCUT2D eigenvalue weighted by Crippen LogP contribution is -2.13. The van der Waals surface area contributed by atoms with Crippen LogP contribution in [-0.4, -0.2) is 22.0 Å². The summed E-state index contributed by atoms with van der Waals surface area (Å²) in [6.45, 7) is 0. The van der Waals surface area contributed by atoms with Crippen LogP contribution in [0.4, 0.5) is 5.82 Å². The molecular formula is C13H9BrN2O3.